The summed E-state index contributed by atoms with van der Waals surface area (Å²) in [5.74, 6) is 1.72. The summed E-state index contributed by atoms with van der Waals surface area (Å²) in [5, 5.41) is 3.30. The monoisotopic (exact) mass is 217 g/mol. The van der Waals surface area contributed by atoms with Gasteiger partial charge in [0.1, 0.15) is 6.33 Å². The number of thioether (sulfide) groups is 1. The second-order valence-corrected chi connectivity index (χ2v) is 5.20. The van der Waals surface area contributed by atoms with E-state index in [1.807, 2.05) is 7.05 Å². The summed E-state index contributed by atoms with van der Waals surface area (Å²) in [4.78, 5) is 4.12. The molecule has 0 bridgehead atoms. The van der Waals surface area contributed by atoms with E-state index in [9.17, 15) is 0 Å². The summed E-state index contributed by atoms with van der Waals surface area (Å²) in [5.41, 5.74) is 0. The molecule has 1 N–H and O–H groups in total. The van der Waals surface area contributed by atoms with E-state index in [1.54, 1.807) is 18.1 Å². The van der Waals surface area contributed by atoms with E-state index in [4.69, 9.17) is 0 Å². The van der Waals surface area contributed by atoms with E-state index in [2.05, 4.69) is 28.5 Å². The lowest BCUT2D eigenvalue weighted by molar-refractivity contribution is 0.465. The third-order valence-electron chi connectivity index (χ3n) is 1.90. The quantitative estimate of drug-likeness (QED) is 0.764. The van der Waals surface area contributed by atoms with Gasteiger partial charge >= 0.3 is 0 Å². The summed E-state index contributed by atoms with van der Waals surface area (Å²) in [7, 11) is 2.01. The van der Waals surface area contributed by atoms with Crippen LogP contribution in [0.3, 0.4) is 0 Å². The second-order valence-electron chi connectivity index (χ2n) is 3.16. The van der Waals surface area contributed by atoms with E-state index in [0.29, 0.717) is 12.0 Å². The highest BCUT2D eigenvalue weighted by atomic mass is 32.2. The zero-order valence-corrected chi connectivity index (χ0v) is 9.78. The molecular weight excluding hydrogens is 202 g/mol. The van der Waals surface area contributed by atoms with Gasteiger partial charge in [0.05, 0.1) is 0 Å². The van der Waals surface area contributed by atoms with Gasteiger partial charge in [-0.25, -0.2) is 4.98 Å². The van der Waals surface area contributed by atoms with Gasteiger partial charge in [-0.15, -0.1) is 0 Å². The van der Waals surface area contributed by atoms with Crippen molar-refractivity contribution in [3.63, 3.8) is 0 Å². The minimum Gasteiger partial charge on any atom is -0.316 e. The topological polar surface area (TPSA) is 37.8 Å². The number of hydrogen-bond donors (Lipinski definition) is 1. The van der Waals surface area contributed by atoms with Crippen LogP contribution < -0.4 is 5.32 Å². The molecule has 0 radical (unpaired) electrons. The lowest BCUT2D eigenvalue weighted by atomic mass is 10.1. The summed E-state index contributed by atoms with van der Waals surface area (Å²) in [6.07, 6.45) is 1.61. The molecule has 1 heterocycles. The molecule has 74 valence electrons. The fourth-order valence-electron chi connectivity index (χ4n) is 0.997. The molecule has 1 unspecified atom stereocenters. The van der Waals surface area contributed by atoms with Gasteiger partial charge in [-0.1, -0.05) is 25.6 Å². The minimum absolute atomic E-state index is 0.550. The first-order chi connectivity index (χ1) is 6.24. The lowest BCUT2D eigenvalue weighted by Gasteiger charge is -2.18. The van der Waals surface area contributed by atoms with Crippen LogP contribution in [0.5, 0.6) is 0 Å². The number of aromatic nitrogens is 2. The van der Waals surface area contributed by atoms with Gasteiger partial charge in [-0.05, 0) is 24.5 Å². The molecule has 0 spiro atoms. The molecule has 0 saturated carbocycles. The first kappa shape index (κ1) is 10.9. The molecule has 0 saturated heterocycles. The number of nitrogens with zero attached hydrogens (tertiary/aromatic N) is 2. The Kier molecular flexibility index (Phi) is 4.69. The average molecular weight is 217 g/mol. The van der Waals surface area contributed by atoms with Crippen molar-refractivity contribution in [1.82, 2.24) is 14.7 Å². The van der Waals surface area contributed by atoms with E-state index in [1.165, 1.54) is 11.5 Å². The fourth-order valence-corrected chi connectivity index (χ4v) is 2.81. The standard InChI is InChI=1S/C8H15N3S2/c1-6(2)7(9-3)4-12-8-10-5-11-13-8/h5-7,9H,4H2,1-3H3. The molecule has 1 aromatic heterocycles. The molecule has 0 amide bonds. The van der Waals surface area contributed by atoms with E-state index >= 15 is 0 Å². The zero-order chi connectivity index (χ0) is 9.68. The molecule has 0 aliphatic carbocycles. The van der Waals surface area contributed by atoms with Crippen LogP contribution in [0.1, 0.15) is 13.8 Å². The highest BCUT2D eigenvalue weighted by Gasteiger charge is 2.11. The maximum absolute atomic E-state index is 4.12. The maximum atomic E-state index is 4.12. The van der Waals surface area contributed by atoms with Gasteiger partial charge in [-0.2, -0.15) is 4.37 Å². The smallest absolute Gasteiger partial charge is 0.169 e. The summed E-state index contributed by atoms with van der Waals surface area (Å²) in [6.45, 7) is 4.45. The summed E-state index contributed by atoms with van der Waals surface area (Å²) in [6, 6.07) is 0.550. The predicted molar refractivity (Wildman–Crippen MR) is 58.3 cm³/mol. The molecule has 13 heavy (non-hydrogen) atoms. The molecule has 1 atom stereocenters. The van der Waals surface area contributed by atoms with Crippen LogP contribution in [0.25, 0.3) is 0 Å². The van der Waals surface area contributed by atoms with Crippen molar-refractivity contribution in [2.75, 3.05) is 12.8 Å². The van der Waals surface area contributed by atoms with Crippen molar-refractivity contribution >= 4 is 23.3 Å². The van der Waals surface area contributed by atoms with Crippen molar-refractivity contribution < 1.29 is 0 Å². The molecule has 1 aromatic rings. The van der Waals surface area contributed by atoms with Gasteiger partial charge in [0.2, 0.25) is 0 Å². The molecule has 1 rings (SSSR count). The molecule has 0 fully saturated rings. The molecule has 0 aromatic carbocycles. The average Bonchev–Trinajstić information content (AvgIpc) is 2.57. The van der Waals surface area contributed by atoms with Crippen LogP contribution in [0, 0.1) is 5.92 Å². The van der Waals surface area contributed by atoms with Gasteiger partial charge in [-0.3, -0.25) is 0 Å². The Morgan fingerprint density at radius 3 is 2.85 bits per heavy atom. The third-order valence-corrected chi connectivity index (χ3v) is 3.82. The molecule has 5 heteroatoms. The number of hydrogen-bond acceptors (Lipinski definition) is 5. The van der Waals surface area contributed by atoms with Crippen molar-refractivity contribution in [2.24, 2.45) is 5.92 Å². The highest BCUT2D eigenvalue weighted by Crippen LogP contribution is 2.20. The first-order valence-corrected chi connectivity index (χ1v) is 6.06. The first-order valence-electron chi connectivity index (χ1n) is 4.30. The normalized spacial score (nSPS) is 13.5. The lowest BCUT2D eigenvalue weighted by Crippen LogP contribution is -2.32. The summed E-state index contributed by atoms with van der Waals surface area (Å²) < 4.78 is 5.02. The van der Waals surface area contributed by atoms with Crippen LogP contribution in [0.4, 0.5) is 0 Å². The SMILES string of the molecule is CNC(CSc1ncns1)C(C)C. The van der Waals surface area contributed by atoms with E-state index in [-0.39, 0.29) is 0 Å². The Labute approximate surface area is 87.5 Å². The Morgan fingerprint density at radius 1 is 1.62 bits per heavy atom. The van der Waals surface area contributed by atoms with Gasteiger partial charge in [0, 0.05) is 11.8 Å². The van der Waals surface area contributed by atoms with Crippen molar-refractivity contribution in [3.8, 4) is 0 Å². The van der Waals surface area contributed by atoms with Crippen LogP contribution >= 0.6 is 23.3 Å². The number of nitrogens with one attached hydrogen (secondary N) is 1. The van der Waals surface area contributed by atoms with Crippen LogP contribution in [-0.4, -0.2) is 28.2 Å². The van der Waals surface area contributed by atoms with Crippen molar-refractivity contribution in [3.05, 3.63) is 6.33 Å². The zero-order valence-electron chi connectivity index (χ0n) is 8.15. The van der Waals surface area contributed by atoms with Gasteiger partial charge in [0.25, 0.3) is 0 Å². The van der Waals surface area contributed by atoms with E-state index in [0.717, 1.165) is 10.1 Å². The van der Waals surface area contributed by atoms with Crippen molar-refractivity contribution in [1.29, 1.82) is 0 Å². The highest BCUT2D eigenvalue weighted by molar-refractivity contribution is 8.00. The minimum atomic E-state index is 0.550. The maximum Gasteiger partial charge on any atom is 0.169 e. The Morgan fingerprint density at radius 2 is 2.38 bits per heavy atom. The molecule has 3 nitrogen and oxygen atoms in total. The fraction of sp³-hybridized carbons (Fsp3) is 0.750. The Hall–Kier alpha value is -0.130. The largest absolute Gasteiger partial charge is 0.316 e. The molecular formula is C8H15N3S2. The van der Waals surface area contributed by atoms with Crippen LogP contribution in [0.2, 0.25) is 0 Å². The van der Waals surface area contributed by atoms with Gasteiger partial charge in [0.15, 0.2) is 4.34 Å². The third kappa shape index (κ3) is 3.62. The molecule has 0 aliphatic rings. The van der Waals surface area contributed by atoms with Gasteiger partial charge < -0.3 is 5.32 Å². The van der Waals surface area contributed by atoms with Crippen LogP contribution in [-0.2, 0) is 0 Å². The Bertz CT molecular complexity index is 223. The summed E-state index contributed by atoms with van der Waals surface area (Å²) >= 11 is 3.23. The van der Waals surface area contributed by atoms with Crippen LogP contribution in [0.15, 0.2) is 10.7 Å². The number of rotatable bonds is 5. The van der Waals surface area contributed by atoms with E-state index < -0.39 is 0 Å². The van der Waals surface area contributed by atoms with Crippen molar-refractivity contribution in [2.45, 2.75) is 24.2 Å². The Balaban J connectivity index is 2.32. The predicted octanol–water partition coefficient (Wildman–Crippen LogP) is 1.87. The molecule has 0 aliphatic heterocycles. The second kappa shape index (κ2) is 5.57.